The van der Waals surface area contributed by atoms with Crippen molar-refractivity contribution in [2.24, 2.45) is 5.73 Å². The first-order chi connectivity index (χ1) is 13.7. The maximum Gasteiger partial charge on any atom is 0.122 e. The molecule has 2 heteroatoms. The molecule has 0 saturated carbocycles. The van der Waals surface area contributed by atoms with Crippen LogP contribution in [0.3, 0.4) is 0 Å². The standard InChI is InChI=1S/C26H29NO/c1-4-9-24-19(3)14-21(18-28-26-13-7-6-11-22(26)5-2)16-25(24)23-12-8-10-20(15-23)17-27/h4,6-16H,5,17-18,27H2,1-3H3/b9-4-. The molecule has 144 valence electrons. The highest BCUT2D eigenvalue weighted by atomic mass is 16.5. The second-order valence-corrected chi connectivity index (χ2v) is 7.03. The van der Waals surface area contributed by atoms with Gasteiger partial charge in [0, 0.05) is 6.54 Å². The van der Waals surface area contributed by atoms with Gasteiger partial charge in [-0.05, 0) is 77.4 Å². The number of benzene rings is 3. The van der Waals surface area contributed by atoms with Crippen LogP contribution >= 0.6 is 0 Å². The number of rotatable bonds is 7. The van der Waals surface area contributed by atoms with Crippen LogP contribution in [0.25, 0.3) is 17.2 Å². The highest BCUT2D eigenvalue weighted by Gasteiger charge is 2.10. The summed E-state index contributed by atoms with van der Waals surface area (Å²) in [6.07, 6.45) is 5.23. The summed E-state index contributed by atoms with van der Waals surface area (Å²) in [5.41, 5.74) is 14.3. The van der Waals surface area contributed by atoms with Crippen molar-refractivity contribution in [1.29, 1.82) is 0 Å². The Bertz CT molecular complexity index is 972. The molecule has 0 saturated heterocycles. The number of hydrogen-bond acceptors (Lipinski definition) is 2. The van der Waals surface area contributed by atoms with Crippen LogP contribution in [0.2, 0.25) is 0 Å². The zero-order chi connectivity index (χ0) is 19.9. The zero-order valence-corrected chi connectivity index (χ0v) is 17.0. The van der Waals surface area contributed by atoms with Crippen molar-refractivity contribution in [1.82, 2.24) is 0 Å². The Morgan fingerprint density at radius 1 is 0.964 bits per heavy atom. The van der Waals surface area contributed by atoms with Crippen LogP contribution in [0.15, 0.2) is 66.7 Å². The molecule has 0 heterocycles. The molecule has 0 bridgehead atoms. The Morgan fingerprint density at radius 2 is 1.79 bits per heavy atom. The summed E-state index contributed by atoms with van der Waals surface area (Å²) in [6, 6.07) is 21.2. The van der Waals surface area contributed by atoms with Gasteiger partial charge in [-0.1, -0.05) is 61.5 Å². The Labute approximate surface area is 168 Å². The lowest BCUT2D eigenvalue weighted by Crippen LogP contribution is -2.01. The molecular formula is C26H29NO. The van der Waals surface area contributed by atoms with Gasteiger partial charge in [-0.2, -0.15) is 0 Å². The van der Waals surface area contributed by atoms with Crippen molar-refractivity contribution in [3.05, 3.63) is 94.6 Å². The molecule has 0 fully saturated rings. The lowest BCUT2D eigenvalue weighted by molar-refractivity contribution is 0.303. The van der Waals surface area contributed by atoms with E-state index in [0.717, 1.165) is 17.7 Å². The quantitative estimate of drug-likeness (QED) is 0.529. The molecular weight excluding hydrogens is 342 g/mol. The van der Waals surface area contributed by atoms with E-state index in [1.165, 1.54) is 33.4 Å². The molecule has 0 aliphatic rings. The van der Waals surface area contributed by atoms with E-state index in [1.807, 2.05) is 12.1 Å². The highest BCUT2D eigenvalue weighted by molar-refractivity contribution is 5.78. The molecule has 2 N–H and O–H groups in total. The number of para-hydroxylation sites is 1. The Morgan fingerprint density at radius 3 is 2.54 bits per heavy atom. The van der Waals surface area contributed by atoms with E-state index in [9.17, 15) is 0 Å². The summed E-state index contributed by atoms with van der Waals surface area (Å²) < 4.78 is 6.17. The summed E-state index contributed by atoms with van der Waals surface area (Å²) >= 11 is 0. The van der Waals surface area contributed by atoms with Crippen LogP contribution in [0.5, 0.6) is 5.75 Å². The van der Waals surface area contributed by atoms with Crippen molar-refractivity contribution in [2.75, 3.05) is 0 Å². The van der Waals surface area contributed by atoms with E-state index in [0.29, 0.717) is 13.2 Å². The summed E-state index contributed by atoms with van der Waals surface area (Å²) in [5.74, 6) is 0.965. The van der Waals surface area contributed by atoms with Gasteiger partial charge in [-0.3, -0.25) is 0 Å². The Kier molecular flexibility index (Phi) is 6.67. The average Bonchev–Trinajstić information content (AvgIpc) is 2.74. The van der Waals surface area contributed by atoms with Gasteiger partial charge in [0.15, 0.2) is 0 Å². The molecule has 0 radical (unpaired) electrons. The minimum atomic E-state index is 0.544. The maximum absolute atomic E-state index is 6.17. The number of ether oxygens (including phenoxy) is 1. The summed E-state index contributed by atoms with van der Waals surface area (Å²) in [4.78, 5) is 0. The SMILES string of the molecule is C/C=C\c1c(C)cc(COc2ccccc2CC)cc1-c1cccc(CN)c1. The first-order valence-corrected chi connectivity index (χ1v) is 9.92. The summed E-state index contributed by atoms with van der Waals surface area (Å²) in [5, 5.41) is 0. The van der Waals surface area contributed by atoms with Crippen LogP contribution in [0, 0.1) is 6.92 Å². The van der Waals surface area contributed by atoms with Crippen LogP contribution in [0.1, 0.15) is 41.7 Å². The van der Waals surface area contributed by atoms with Gasteiger partial charge in [-0.15, -0.1) is 0 Å². The fourth-order valence-corrected chi connectivity index (χ4v) is 3.55. The van der Waals surface area contributed by atoms with Crippen LogP contribution in [0.4, 0.5) is 0 Å². The van der Waals surface area contributed by atoms with E-state index in [-0.39, 0.29) is 0 Å². The normalized spacial score (nSPS) is 11.1. The van der Waals surface area contributed by atoms with Crippen molar-refractivity contribution in [3.8, 4) is 16.9 Å². The molecule has 0 aliphatic heterocycles. The summed E-state index contributed by atoms with van der Waals surface area (Å²) in [6.45, 7) is 7.47. The van der Waals surface area contributed by atoms with Crippen LogP contribution in [-0.4, -0.2) is 0 Å². The Balaban J connectivity index is 1.98. The third kappa shape index (κ3) is 4.52. The molecule has 0 aromatic heterocycles. The van der Waals surface area contributed by atoms with Gasteiger partial charge in [-0.25, -0.2) is 0 Å². The molecule has 0 amide bonds. The largest absolute Gasteiger partial charge is 0.489 e. The zero-order valence-electron chi connectivity index (χ0n) is 17.0. The molecule has 2 nitrogen and oxygen atoms in total. The molecule has 0 unspecified atom stereocenters. The third-order valence-corrected chi connectivity index (χ3v) is 5.00. The van der Waals surface area contributed by atoms with E-state index in [1.54, 1.807) is 0 Å². The van der Waals surface area contributed by atoms with E-state index < -0.39 is 0 Å². The molecule has 0 atom stereocenters. The lowest BCUT2D eigenvalue weighted by atomic mass is 9.92. The van der Waals surface area contributed by atoms with Crippen molar-refractivity contribution >= 4 is 6.08 Å². The fraction of sp³-hybridized carbons (Fsp3) is 0.231. The number of hydrogen-bond donors (Lipinski definition) is 1. The first kappa shape index (κ1) is 19.9. The van der Waals surface area contributed by atoms with E-state index >= 15 is 0 Å². The van der Waals surface area contributed by atoms with Crippen LogP contribution in [-0.2, 0) is 19.6 Å². The molecule has 0 aliphatic carbocycles. The van der Waals surface area contributed by atoms with Crippen LogP contribution < -0.4 is 10.5 Å². The van der Waals surface area contributed by atoms with E-state index in [2.05, 4.69) is 81.5 Å². The highest BCUT2D eigenvalue weighted by Crippen LogP contribution is 2.30. The van der Waals surface area contributed by atoms with Crippen molar-refractivity contribution in [2.45, 2.75) is 40.3 Å². The lowest BCUT2D eigenvalue weighted by Gasteiger charge is -2.15. The van der Waals surface area contributed by atoms with Gasteiger partial charge in [0.05, 0.1) is 0 Å². The Hall–Kier alpha value is -2.84. The number of aryl methyl sites for hydroxylation is 2. The van der Waals surface area contributed by atoms with Gasteiger partial charge < -0.3 is 10.5 Å². The second-order valence-electron chi connectivity index (χ2n) is 7.03. The average molecular weight is 372 g/mol. The minimum absolute atomic E-state index is 0.544. The predicted molar refractivity (Wildman–Crippen MR) is 119 cm³/mol. The summed E-state index contributed by atoms with van der Waals surface area (Å²) in [7, 11) is 0. The smallest absolute Gasteiger partial charge is 0.122 e. The van der Waals surface area contributed by atoms with E-state index in [4.69, 9.17) is 10.5 Å². The maximum atomic E-state index is 6.17. The van der Waals surface area contributed by atoms with Crippen molar-refractivity contribution < 1.29 is 4.74 Å². The molecule has 3 rings (SSSR count). The molecule has 3 aromatic carbocycles. The van der Waals surface area contributed by atoms with Gasteiger partial charge >= 0.3 is 0 Å². The minimum Gasteiger partial charge on any atom is -0.489 e. The topological polar surface area (TPSA) is 35.2 Å². The number of nitrogens with two attached hydrogens (primary N) is 1. The van der Waals surface area contributed by atoms with Gasteiger partial charge in [0.2, 0.25) is 0 Å². The molecule has 3 aromatic rings. The number of allylic oxidation sites excluding steroid dienone is 1. The third-order valence-electron chi connectivity index (χ3n) is 5.00. The second kappa shape index (κ2) is 9.38. The fourth-order valence-electron chi connectivity index (χ4n) is 3.55. The predicted octanol–water partition coefficient (Wildman–Crippen LogP) is 6.30. The molecule has 0 spiro atoms. The monoisotopic (exact) mass is 371 g/mol. The molecule has 28 heavy (non-hydrogen) atoms. The van der Waals surface area contributed by atoms with Gasteiger partial charge in [0.1, 0.15) is 12.4 Å². The van der Waals surface area contributed by atoms with Crippen molar-refractivity contribution in [3.63, 3.8) is 0 Å². The first-order valence-electron chi connectivity index (χ1n) is 9.92. The van der Waals surface area contributed by atoms with Gasteiger partial charge in [0.25, 0.3) is 0 Å².